The average molecular weight is 321 g/mol. The molecule has 0 heterocycles. The van der Waals surface area contributed by atoms with E-state index in [9.17, 15) is 9.59 Å². The molecule has 0 aliphatic rings. The molecule has 0 saturated heterocycles. The Bertz CT molecular complexity index is 536. The first kappa shape index (κ1) is 19.2. The molecule has 0 bridgehead atoms. The number of ether oxygens (including phenoxy) is 1. The van der Waals surface area contributed by atoms with E-state index in [0.29, 0.717) is 12.2 Å². The van der Waals surface area contributed by atoms with Crippen LogP contribution in [-0.4, -0.2) is 28.6 Å². The van der Waals surface area contributed by atoms with Crippen molar-refractivity contribution in [3.05, 3.63) is 35.4 Å². The Morgan fingerprint density at radius 2 is 1.74 bits per heavy atom. The summed E-state index contributed by atoms with van der Waals surface area (Å²) < 4.78 is 5.52. The van der Waals surface area contributed by atoms with E-state index in [-0.39, 0.29) is 24.3 Å². The zero-order valence-corrected chi connectivity index (χ0v) is 14.6. The Morgan fingerprint density at radius 1 is 1.17 bits per heavy atom. The standard InChI is InChI=1S/C18H27NO4/c1-12(2)18(5,10-16(20)21)19-17(22)15-8-6-14(7-9-15)11-23-13(3)4/h6-9,12-13H,10-11H2,1-5H3,(H,19,22)(H,20,21). The highest BCUT2D eigenvalue weighted by molar-refractivity contribution is 5.95. The van der Waals surface area contributed by atoms with Crippen LogP contribution in [0.1, 0.15) is 57.0 Å². The fourth-order valence-corrected chi connectivity index (χ4v) is 2.05. The smallest absolute Gasteiger partial charge is 0.305 e. The van der Waals surface area contributed by atoms with Gasteiger partial charge in [0.05, 0.1) is 24.7 Å². The summed E-state index contributed by atoms with van der Waals surface area (Å²) in [5.74, 6) is -1.19. The van der Waals surface area contributed by atoms with Crippen LogP contribution in [0.5, 0.6) is 0 Å². The summed E-state index contributed by atoms with van der Waals surface area (Å²) in [7, 11) is 0. The molecule has 5 nitrogen and oxygen atoms in total. The topological polar surface area (TPSA) is 75.6 Å². The van der Waals surface area contributed by atoms with Gasteiger partial charge < -0.3 is 15.2 Å². The van der Waals surface area contributed by atoms with Crippen LogP contribution >= 0.6 is 0 Å². The van der Waals surface area contributed by atoms with Gasteiger partial charge in [-0.1, -0.05) is 26.0 Å². The molecule has 0 aromatic heterocycles. The first-order chi connectivity index (χ1) is 10.6. The normalized spacial score (nSPS) is 13.9. The maximum Gasteiger partial charge on any atom is 0.305 e. The Morgan fingerprint density at radius 3 is 2.17 bits per heavy atom. The third-order valence-corrected chi connectivity index (χ3v) is 3.99. The fourth-order valence-electron chi connectivity index (χ4n) is 2.05. The maximum absolute atomic E-state index is 12.4. The lowest BCUT2D eigenvalue weighted by Gasteiger charge is -2.33. The van der Waals surface area contributed by atoms with Crippen molar-refractivity contribution in [3.8, 4) is 0 Å². The van der Waals surface area contributed by atoms with E-state index >= 15 is 0 Å². The lowest BCUT2D eigenvalue weighted by atomic mass is 9.85. The molecule has 1 rings (SSSR count). The van der Waals surface area contributed by atoms with E-state index < -0.39 is 11.5 Å². The molecule has 0 fully saturated rings. The number of carboxylic acids is 1. The van der Waals surface area contributed by atoms with Crippen molar-refractivity contribution in [2.24, 2.45) is 5.92 Å². The minimum Gasteiger partial charge on any atom is -0.481 e. The van der Waals surface area contributed by atoms with Gasteiger partial charge in [-0.15, -0.1) is 0 Å². The predicted octanol–water partition coefficient (Wildman–Crippen LogP) is 3.23. The van der Waals surface area contributed by atoms with Crippen LogP contribution in [0, 0.1) is 5.92 Å². The molecule has 2 N–H and O–H groups in total. The second-order valence-electron chi connectivity index (χ2n) is 6.65. The van der Waals surface area contributed by atoms with Crippen LogP contribution in [-0.2, 0) is 16.1 Å². The Labute approximate surface area is 138 Å². The Balaban J connectivity index is 2.78. The highest BCUT2D eigenvalue weighted by Crippen LogP contribution is 2.21. The molecule has 1 unspecified atom stereocenters. The molecule has 5 heteroatoms. The minimum atomic E-state index is -0.928. The van der Waals surface area contributed by atoms with Crippen LogP contribution in [0.2, 0.25) is 0 Å². The summed E-state index contributed by atoms with van der Waals surface area (Å²) in [5.41, 5.74) is 0.713. The van der Waals surface area contributed by atoms with Crippen LogP contribution in [0.4, 0.5) is 0 Å². The molecule has 1 aromatic rings. The van der Waals surface area contributed by atoms with E-state index in [1.165, 1.54) is 0 Å². The molecule has 0 saturated carbocycles. The summed E-state index contributed by atoms with van der Waals surface area (Å²) in [6.45, 7) is 10.00. The predicted molar refractivity (Wildman–Crippen MR) is 89.3 cm³/mol. The molecule has 0 spiro atoms. The van der Waals surface area contributed by atoms with Crippen molar-refractivity contribution in [1.29, 1.82) is 0 Å². The number of benzene rings is 1. The average Bonchev–Trinajstić information content (AvgIpc) is 2.44. The van der Waals surface area contributed by atoms with Crippen LogP contribution < -0.4 is 5.32 Å². The molecule has 1 aromatic carbocycles. The van der Waals surface area contributed by atoms with Crippen molar-refractivity contribution >= 4 is 11.9 Å². The highest BCUT2D eigenvalue weighted by atomic mass is 16.5. The van der Waals surface area contributed by atoms with Crippen LogP contribution in [0.3, 0.4) is 0 Å². The molecule has 128 valence electrons. The first-order valence-corrected chi connectivity index (χ1v) is 7.89. The molecule has 1 atom stereocenters. The van der Waals surface area contributed by atoms with Crippen LogP contribution in [0.25, 0.3) is 0 Å². The van der Waals surface area contributed by atoms with E-state index in [1.807, 2.05) is 39.8 Å². The second-order valence-corrected chi connectivity index (χ2v) is 6.65. The SMILES string of the molecule is CC(C)OCc1ccc(C(=O)NC(C)(CC(=O)O)C(C)C)cc1. The largest absolute Gasteiger partial charge is 0.481 e. The third kappa shape index (κ3) is 6.02. The van der Waals surface area contributed by atoms with Crippen molar-refractivity contribution in [2.75, 3.05) is 0 Å². The summed E-state index contributed by atoms with van der Waals surface area (Å²) in [5, 5.41) is 11.9. The maximum atomic E-state index is 12.4. The van der Waals surface area contributed by atoms with Gasteiger partial charge in [-0.3, -0.25) is 9.59 Å². The number of amides is 1. The second kappa shape index (κ2) is 8.11. The summed E-state index contributed by atoms with van der Waals surface area (Å²) in [6.07, 6.45) is 0.0391. The Kier molecular flexibility index (Phi) is 6.76. The summed E-state index contributed by atoms with van der Waals surface area (Å²) in [6, 6.07) is 7.16. The minimum absolute atomic E-state index is 0.00117. The van der Waals surface area contributed by atoms with E-state index in [4.69, 9.17) is 9.84 Å². The number of hydrogen-bond donors (Lipinski definition) is 2. The molecule has 23 heavy (non-hydrogen) atoms. The van der Waals surface area contributed by atoms with Crippen LogP contribution in [0.15, 0.2) is 24.3 Å². The number of hydrogen-bond acceptors (Lipinski definition) is 3. The van der Waals surface area contributed by atoms with Crippen molar-refractivity contribution in [1.82, 2.24) is 5.32 Å². The number of carbonyl (C=O) groups excluding carboxylic acids is 1. The zero-order valence-electron chi connectivity index (χ0n) is 14.6. The monoisotopic (exact) mass is 321 g/mol. The van der Waals surface area contributed by atoms with Gasteiger partial charge >= 0.3 is 5.97 Å². The van der Waals surface area contributed by atoms with E-state index in [0.717, 1.165) is 5.56 Å². The van der Waals surface area contributed by atoms with Crippen molar-refractivity contribution < 1.29 is 19.4 Å². The number of carboxylic acid groups (broad SMARTS) is 1. The fraction of sp³-hybridized carbons (Fsp3) is 0.556. The van der Waals surface area contributed by atoms with Gasteiger partial charge in [0.1, 0.15) is 0 Å². The summed E-state index contributed by atoms with van der Waals surface area (Å²) >= 11 is 0. The molecular formula is C18H27NO4. The quantitative estimate of drug-likeness (QED) is 0.771. The zero-order chi connectivity index (χ0) is 17.6. The lowest BCUT2D eigenvalue weighted by molar-refractivity contribution is -0.138. The number of carbonyl (C=O) groups is 2. The summed E-state index contributed by atoms with van der Waals surface area (Å²) in [4.78, 5) is 23.4. The van der Waals surface area contributed by atoms with E-state index in [2.05, 4.69) is 5.32 Å². The van der Waals surface area contributed by atoms with Gasteiger partial charge in [-0.05, 0) is 44.4 Å². The van der Waals surface area contributed by atoms with Gasteiger partial charge in [-0.2, -0.15) is 0 Å². The van der Waals surface area contributed by atoms with Crippen molar-refractivity contribution in [2.45, 2.75) is 59.3 Å². The molecule has 0 aliphatic heterocycles. The van der Waals surface area contributed by atoms with Gasteiger partial charge in [0.25, 0.3) is 5.91 Å². The van der Waals surface area contributed by atoms with Gasteiger partial charge in [0.15, 0.2) is 0 Å². The molecule has 1 amide bonds. The van der Waals surface area contributed by atoms with Gasteiger partial charge in [0.2, 0.25) is 0 Å². The first-order valence-electron chi connectivity index (χ1n) is 7.89. The lowest BCUT2D eigenvalue weighted by Crippen LogP contribution is -2.51. The third-order valence-electron chi connectivity index (χ3n) is 3.99. The number of rotatable bonds is 8. The number of aliphatic carboxylic acids is 1. The van der Waals surface area contributed by atoms with Gasteiger partial charge in [0, 0.05) is 5.56 Å². The van der Waals surface area contributed by atoms with E-state index in [1.54, 1.807) is 19.1 Å². The molecule has 0 radical (unpaired) electrons. The Hall–Kier alpha value is -1.88. The number of nitrogens with one attached hydrogen (secondary N) is 1. The van der Waals surface area contributed by atoms with Crippen molar-refractivity contribution in [3.63, 3.8) is 0 Å². The highest BCUT2D eigenvalue weighted by Gasteiger charge is 2.33. The van der Waals surface area contributed by atoms with Gasteiger partial charge in [-0.25, -0.2) is 0 Å². The molecular weight excluding hydrogens is 294 g/mol. The molecule has 0 aliphatic carbocycles.